The topological polar surface area (TPSA) is 75.6 Å². The molecule has 1 aliphatic rings. The number of carbonyl (C=O) groups is 2. The van der Waals surface area contributed by atoms with E-state index in [4.69, 9.17) is 4.74 Å². The van der Waals surface area contributed by atoms with E-state index in [2.05, 4.69) is 27.8 Å². The summed E-state index contributed by atoms with van der Waals surface area (Å²) in [6, 6.07) is 6.48. The molecule has 1 amide bonds. The van der Waals surface area contributed by atoms with Crippen LogP contribution in [0.2, 0.25) is 0 Å². The summed E-state index contributed by atoms with van der Waals surface area (Å²) in [6.45, 7) is 3.66. The Morgan fingerprint density at radius 1 is 1.41 bits per heavy atom. The van der Waals surface area contributed by atoms with E-state index in [1.165, 1.54) is 6.08 Å². The highest BCUT2D eigenvalue weighted by molar-refractivity contribution is 9.10. The molecule has 2 N–H and O–H groups in total. The quantitative estimate of drug-likeness (QED) is 0.545. The van der Waals surface area contributed by atoms with Crippen LogP contribution in [0.15, 0.2) is 41.4 Å². The van der Waals surface area contributed by atoms with Crippen LogP contribution in [0.1, 0.15) is 18.4 Å². The molecule has 5 nitrogen and oxygen atoms in total. The van der Waals surface area contributed by atoms with Crippen molar-refractivity contribution >= 4 is 27.8 Å². The fourth-order valence-corrected chi connectivity index (χ4v) is 2.55. The van der Waals surface area contributed by atoms with Crippen LogP contribution < -0.4 is 5.32 Å². The Morgan fingerprint density at radius 2 is 2.05 bits per heavy atom. The minimum Gasteiger partial charge on any atom is -0.480 e. The van der Waals surface area contributed by atoms with E-state index in [9.17, 15) is 14.7 Å². The first-order valence-electron chi connectivity index (χ1n) is 6.98. The van der Waals surface area contributed by atoms with Gasteiger partial charge < -0.3 is 15.2 Å². The van der Waals surface area contributed by atoms with Crippen molar-refractivity contribution in [2.75, 3.05) is 13.2 Å². The fraction of sp³-hybridized carbons (Fsp3) is 0.375. The molecule has 0 heterocycles. The largest absolute Gasteiger partial charge is 0.480 e. The standard InChI is InChI=1S/C16H18BrNO4/c1-2-9-22-10-13(14(19)20)18-15(21)16(7-8-16)11-3-5-12(17)6-4-11/h2-6,13H,1,7-10H2,(H,18,21)(H,19,20). The molecule has 22 heavy (non-hydrogen) atoms. The van der Waals surface area contributed by atoms with Gasteiger partial charge in [0.05, 0.1) is 18.6 Å². The molecule has 6 heteroatoms. The van der Waals surface area contributed by atoms with Gasteiger partial charge in [-0.05, 0) is 30.5 Å². The molecule has 0 aromatic heterocycles. The van der Waals surface area contributed by atoms with E-state index < -0.39 is 17.4 Å². The SMILES string of the molecule is C=CCOCC(NC(=O)C1(c2ccc(Br)cc2)CC1)C(=O)O. The first-order chi connectivity index (χ1) is 10.5. The predicted octanol–water partition coefficient (Wildman–Crippen LogP) is 2.25. The first-order valence-corrected chi connectivity index (χ1v) is 7.77. The van der Waals surface area contributed by atoms with E-state index in [1.807, 2.05) is 24.3 Å². The Kier molecular flexibility index (Phi) is 5.37. The van der Waals surface area contributed by atoms with E-state index in [0.717, 1.165) is 22.9 Å². The summed E-state index contributed by atoms with van der Waals surface area (Å²) >= 11 is 3.36. The van der Waals surface area contributed by atoms with Crippen molar-refractivity contribution in [2.45, 2.75) is 24.3 Å². The molecule has 1 saturated carbocycles. The van der Waals surface area contributed by atoms with Crippen LogP contribution in [0, 0.1) is 0 Å². The molecule has 0 aliphatic heterocycles. The highest BCUT2D eigenvalue weighted by Gasteiger charge is 2.51. The van der Waals surface area contributed by atoms with E-state index in [1.54, 1.807) is 0 Å². The normalized spacial score (nSPS) is 16.6. The number of carboxylic acids is 1. The zero-order chi connectivity index (χ0) is 16.2. The smallest absolute Gasteiger partial charge is 0.328 e. The van der Waals surface area contributed by atoms with Gasteiger partial charge in [0.1, 0.15) is 0 Å². The maximum atomic E-state index is 12.5. The first kappa shape index (κ1) is 16.7. The van der Waals surface area contributed by atoms with Gasteiger partial charge in [0.2, 0.25) is 5.91 Å². The minimum atomic E-state index is -1.11. The second-order valence-corrected chi connectivity index (χ2v) is 6.20. The van der Waals surface area contributed by atoms with Gasteiger partial charge in [-0.15, -0.1) is 6.58 Å². The third kappa shape index (κ3) is 3.75. The van der Waals surface area contributed by atoms with Crippen molar-refractivity contribution in [3.05, 3.63) is 47.0 Å². The van der Waals surface area contributed by atoms with Crippen LogP contribution in [0.3, 0.4) is 0 Å². The molecular formula is C16H18BrNO4. The molecule has 118 valence electrons. The van der Waals surface area contributed by atoms with Gasteiger partial charge in [-0.25, -0.2) is 4.79 Å². The second kappa shape index (κ2) is 7.07. The van der Waals surface area contributed by atoms with Crippen LogP contribution in [0.25, 0.3) is 0 Å². The van der Waals surface area contributed by atoms with Gasteiger partial charge in [-0.2, -0.15) is 0 Å². The summed E-state index contributed by atoms with van der Waals surface area (Å²) in [4.78, 5) is 23.7. The Morgan fingerprint density at radius 3 is 2.55 bits per heavy atom. The zero-order valence-corrected chi connectivity index (χ0v) is 13.6. The van der Waals surface area contributed by atoms with E-state index in [0.29, 0.717) is 0 Å². The predicted molar refractivity (Wildman–Crippen MR) is 85.6 cm³/mol. The van der Waals surface area contributed by atoms with Gasteiger partial charge in [0.15, 0.2) is 6.04 Å². The molecule has 1 atom stereocenters. The van der Waals surface area contributed by atoms with Gasteiger partial charge in [-0.3, -0.25) is 4.79 Å². The Hall–Kier alpha value is -1.66. The summed E-state index contributed by atoms with van der Waals surface area (Å²) in [6.07, 6.45) is 2.98. The number of rotatable bonds is 8. The van der Waals surface area contributed by atoms with Crippen molar-refractivity contribution in [1.82, 2.24) is 5.32 Å². The number of halogens is 1. The molecule has 0 bridgehead atoms. The molecule has 0 saturated heterocycles. The molecule has 0 radical (unpaired) electrons. The number of hydrogen-bond donors (Lipinski definition) is 2. The molecule has 1 unspecified atom stereocenters. The molecule has 1 aromatic rings. The number of nitrogens with one attached hydrogen (secondary N) is 1. The summed E-state index contributed by atoms with van der Waals surface area (Å²) < 4.78 is 6.08. The highest BCUT2D eigenvalue weighted by atomic mass is 79.9. The molecule has 0 spiro atoms. The van der Waals surface area contributed by atoms with Crippen LogP contribution >= 0.6 is 15.9 Å². The molecule has 1 fully saturated rings. The Bertz CT molecular complexity index is 566. The summed E-state index contributed by atoms with van der Waals surface area (Å²) in [5, 5.41) is 11.8. The number of ether oxygens (including phenoxy) is 1. The number of carboxylic acid groups (broad SMARTS) is 1. The summed E-state index contributed by atoms with van der Waals surface area (Å²) in [7, 11) is 0. The number of carbonyl (C=O) groups excluding carboxylic acids is 1. The maximum absolute atomic E-state index is 12.5. The number of amides is 1. The number of benzene rings is 1. The van der Waals surface area contributed by atoms with Crippen LogP contribution in [-0.4, -0.2) is 36.2 Å². The Labute approximate surface area is 137 Å². The maximum Gasteiger partial charge on any atom is 0.328 e. The van der Waals surface area contributed by atoms with Crippen LogP contribution in [0.4, 0.5) is 0 Å². The van der Waals surface area contributed by atoms with Crippen molar-refractivity contribution in [2.24, 2.45) is 0 Å². The number of hydrogen-bond acceptors (Lipinski definition) is 3. The van der Waals surface area contributed by atoms with E-state index in [-0.39, 0.29) is 19.1 Å². The number of aliphatic carboxylic acids is 1. The Balaban J connectivity index is 2.04. The van der Waals surface area contributed by atoms with Gasteiger partial charge in [-0.1, -0.05) is 34.1 Å². The lowest BCUT2D eigenvalue weighted by molar-refractivity contribution is -0.143. The highest BCUT2D eigenvalue weighted by Crippen LogP contribution is 2.48. The lowest BCUT2D eigenvalue weighted by Crippen LogP contribution is -2.48. The third-order valence-corrected chi connectivity index (χ3v) is 4.23. The molecule has 1 aliphatic carbocycles. The minimum absolute atomic E-state index is 0.0799. The molecule has 2 rings (SSSR count). The van der Waals surface area contributed by atoms with Crippen molar-refractivity contribution in [1.29, 1.82) is 0 Å². The summed E-state index contributed by atoms with van der Waals surface area (Å²) in [5.41, 5.74) is 0.302. The zero-order valence-electron chi connectivity index (χ0n) is 12.0. The van der Waals surface area contributed by atoms with E-state index >= 15 is 0 Å². The second-order valence-electron chi connectivity index (χ2n) is 5.28. The monoisotopic (exact) mass is 367 g/mol. The molecule has 1 aromatic carbocycles. The fourth-order valence-electron chi connectivity index (χ4n) is 2.28. The average molecular weight is 368 g/mol. The van der Waals surface area contributed by atoms with Gasteiger partial charge in [0, 0.05) is 4.47 Å². The van der Waals surface area contributed by atoms with Crippen LogP contribution in [0.5, 0.6) is 0 Å². The molecular weight excluding hydrogens is 350 g/mol. The van der Waals surface area contributed by atoms with Crippen molar-refractivity contribution in [3.8, 4) is 0 Å². The van der Waals surface area contributed by atoms with Crippen LogP contribution in [-0.2, 0) is 19.7 Å². The third-order valence-electron chi connectivity index (χ3n) is 3.71. The van der Waals surface area contributed by atoms with Crippen molar-refractivity contribution in [3.63, 3.8) is 0 Å². The lowest BCUT2D eigenvalue weighted by atomic mass is 9.95. The van der Waals surface area contributed by atoms with Gasteiger partial charge in [0.25, 0.3) is 0 Å². The average Bonchev–Trinajstić information content (AvgIpc) is 3.28. The van der Waals surface area contributed by atoms with Crippen molar-refractivity contribution < 1.29 is 19.4 Å². The summed E-state index contributed by atoms with van der Waals surface area (Å²) in [5.74, 6) is -1.37. The van der Waals surface area contributed by atoms with Gasteiger partial charge >= 0.3 is 5.97 Å². The lowest BCUT2D eigenvalue weighted by Gasteiger charge is -2.20.